The van der Waals surface area contributed by atoms with Gasteiger partial charge in [-0.05, 0) is 55.3 Å². The van der Waals surface area contributed by atoms with Gasteiger partial charge < -0.3 is 19.7 Å². The van der Waals surface area contributed by atoms with E-state index in [-0.39, 0.29) is 17.5 Å². The van der Waals surface area contributed by atoms with Crippen molar-refractivity contribution >= 4 is 26.6 Å². The van der Waals surface area contributed by atoms with E-state index in [0.29, 0.717) is 17.3 Å². The molecule has 2 aromatic carbocycles. The standard InChI is InChI=1S/C24H24N4O4S/c1-33(30,31)18-9-7-17(8-10-18)32-23-14-21-20(13-22(23)28-12-4-5-16(28)15-29)26-24(27-21)19-6-2-3-11-25-19/h2-3,6-11,13-14,16,29H,4-5,12,15H2,1H3,(H,26,27). The zero-order valence-corrected chi connectivity index (χ0v) is 18.9. The van der Waals surface area contributed by atoms with Crippen molar-refractivity contribution in [2.24, 2.45) is 0 Å². The third kappa shape index (κ3) is 4.29. The summed E-state index contributed by atoms with van der Waals surface area (Å²) >= 11 is 0. The molecule has 3 heterocycles. The minimum absolute atomic E-state index is 0.00981. The minimum Gasteiger partial charge on any atom is -0.455 e. The normalized spacial score (nSPS) is 16.4. The van der Waals surface area contributed by atoms with Gasteiger partial charge in [-0.2, -0.15) is 0 Å². The van der Waals surface area contributed by atoms with Crippen molar-refractivity contribution in [3.05, 3.63) is 60.8 Å². The first kappa shape index (κ1) is 21.4. The van der Waals surface area contributed by atoms with Gasteiger partial charge in [-0.15, -0.1) is 0 Å². The first-order valence-electron chi connectivity index (χ1n) is 10.7. The molecule has 1 fully saturated rings. The van der Waals surface area contributed by atoms with Crippen LogP contribution in [-0.2, 0) is 9.84 Å². The maximum absolute atomic E-state index is 11.8. The highest BCUT2D eigenvalue weighted by molar-refractivity contribution is 7.90. The monoisotopic (exact) mass is 464 g/mol. The lowest BCUT2D eigenvalue weighted by Crippen LogP contribution is -2.32. The van der Waals surface area contributed by atoms with Crippen molar-refractivity contribution in [2.75, 3.05) is 24.3 Å². The van der Waals surface area contributed by atoms with Crippen LogP contribution < -0.4 is 9.64 Å². The number of nitrogens with one attached hydrogen (secondary N) is 1. The number of anilines is 1. The Morgan fingerprint density at radius 1 is 1.18 bits per heavy atom. The van der Waals surface area contributed by atoms with Crippen molar-refractivity contribution in [3.8, 4) is 23.0 Å². The molecule has 8 nitrogen and oxygen atoms in total. The molecule has 0 spiro atoms. The van der Waals surface area contributed by atoms with Crippen LogP contribution in [0.15, 0.2) is 65.7 Å². The summed E-state index contributed by atoms with van der Waals surface area (Å²) in [5.74, 6) is 1.77. The van der Waals surface area contributed by atoms with Crippen LogP contribution in [0.25, 0.3) is 22.6 Å². The van der Waals surface area contributed by atoms with Gasteiger partial charge in [-0.3, -0.25) is 4.98 Å². The second-order valence-corrected chi connectivity index (χ2v) is 10.2. The molecule has 170 valence electrons. The number of ether oxygens (including phenoxy) is 1. The summed E-state index contributed by atoms with van der Waals surface area (Å²) in [6.07, 6.45) is 4.78. The van der Waals surface area contributed by atoms with Crippen molar-refractivity contribution in [1.29, 1.82) is 0 Å². The second kappa shape index (κ2) is 8.49. The first-order chi connectivity index (χ1) is 15.9. The van der Waals surface area contributed by atoms with Gasteiger partial charge in [-0.25, -0.2) is 13.4 Å². The molecule has 0 aliphatic carbocycles. The molecule has 1 aliphatic rings. The van der Waals surface area contributed by atoms with Gasteiger partial charge in [0.05, 0.1) is 34.3 Å². The van der Waals surface area contributed by atoms with E-state index in [9.17, 15) is 13.5 Å². The zero-order chi connectivity index (χ0) is 23.0. The van der Waals surface area contributed by atoms with E-state index < -0.39 is 9.84 Å². The smallest absolute Gasteiger partial charge is 0.175 e. The van der Waals surface area contributed by atoms with Gasteiger partial charge in [0, 0.05) is 25.1 Å². The molecule has 2 aromatic heterocycles. The topological polar surface area (TPSA) is 108 Å². The quantitative estimate of drug-likeness (QED) is 0.447. The van der Waals surface area contributed by atoms with Crippen molar-refractivity contribution in [2.45, 2.75) is 23.8 Å². The summed E-state index contributed by atoms with van der Waals surface area (Å²) in [5, 5.41) is 9.88. The molecule has 1 unspecified atom stereocenters. The fourth-order valence-corrected chi connectivity index (χ4v) is 4.81. The van der Waals surface area contributed by atoms with Crippen LogP contribution in [-0.4, -0.2) is 53.9 Å². The van der Waals surface area contributed by atoms with Gasteiger partial charge in [0.1, 0.15) is 11.4 Å². The molecule has 0 saturated carbocycles. The second-order valence-electron chi connectivity index (χ2n) is 8.16. The Kier molecular flexibility index (Phi) is 5.51. The van der Waals surface area contributed by atoms with Gasteiger partial charge >= 0.3 is 0 Å². The Balaban J connectivity index is 1.58. The SMILES string of the molecule is CS(=O)(=O)c1ccc(Oc2cc3nc(-c4ccccn4)[nH]c3cc2N2CCCC2CO)cc1. The largest absolute Gasteiger partial charge is 0.455 e. The Labute approximate surface area is 191 Å². The number of hydrogen-bond acceptors (Lipinski definition) is 7. The third-order valence-electron chi connectivity index (χ3n) is 5.85. The number of aromatic nitrogens is 3. The summed E-state index contributed by atoms with van der Waals surface area (Å²) < 4.78 is 29.8. The van der Waals surface area contributed by atoms with Crippen molar-refractivity contribution in [3.63, 3.8) is 0 Å². The molecule has 2 N–H and O–H groups in total. The highest BCUT2D eigenvalue weighted by Crippen LogP contribution is 2.39. The van der Waals surface area contributed by atoms with Gasteiger partial charge in [0.2, 0.25) is 0 Å². The molecular weight excluding hydrogens is 440 g/mol. The highest BCUT2D eigenvalue weighted by atomic mass is 32.2. The number of H-pyrrole nitrogens is 1. The summed E-state index contributed by atoms with van der Waals surface area (Å²) in [6.45, 7) is 0.865. The summed E-state index contributed by atoms with van der Waals surface area (Å²) in [7, 11) is -3.29. The molecule has 4 aromatic rings. The molecule has 5 rings (SSSR count). The number of hydrogen-bond donors (Lipinski definition) is 2. The lowest BCUT2D eigenvalue weighted by Gasteiger charge is -2.27. The van der Waals surface area contributed by atoms with Crippen LogP contribution in [0.3, 0.4) is 0 Å². The number of imidazole rings is 1. The van der Waals surface area contributed by atoms with Gasteiger partial charge in [0.25, 0.3) is 0 Å². The average molecular weight is 465 g/mol. The third-order valence-corrected chi connectivity index (χ3v) is 6.98. The van der Waals surface area contributed by atoms with Crippen LogP contribution in [0.5, 0.6) is 11.5 Å². The Morgan fingerprint density at radius 3 is 2.70 bits per heavy atom. The van der Waals surface area contributed by atoms with E-state index in [0.717, 1.165) is 41.8 Å². The van der Waals surface area contributed by atoms with Crippen LogP contribution in [0, 0.1) is 0 Å². The number of pyridine rings is 1. The van der Waals surface area contributed by atoms with E-state index in [4.69, 9.17) is 9.72 Å². The van der Waals surface area contributed by atoms with Crippen LogP contribution in [0.4, 0.5) is 5.69 Å². The predicted molar refractivity (Wildman–Crippen MR) is 126 cm³/mol. The Bertz CT molecular complexity index is 1390. The number of aliphatic hydroxyl groups is 1. The number of rotatable bonds is 6. The molecule has 1 saturated heterocycles. The fraction of sp³-hybridized carbons (Fsp3) is 0.250. The molecule has 9 heteroatoms. The number of sulfone groups is 1. The van der Waals surface area contributed by atoms with E-state index in [1.54, 1.807) is 18.3 Å². The summed E-state index contributed by atoms with van der Waals surface area (Å²) in [5.41, 5.74) is 3.15. The molecule has 0 radical (unpaired) electrons. The molecule has 0 bridgehead atoms. The predicted octanol–water partition coefficient (Wildman–Crippen LogP) is 3.78. The number of fused-ring (bicyclic) bond motifs is 1. The molecule has 0 amide bonds. The highest BCUT2D eigenvalue weighted by Gasteiger charge is 2.27. The maximum Gasteiger partial charge on any atom is 0.175 e. The van der Waals surface area contributed by atoms with Gasteiger partial charge in [0.15, 0.2) is 21.4 Å². The molecule has 33 heavy (non-hydrogen) atoms. The van der Waals surface area contributed by atoms with Crippen molar-refractivity contribution < 1.29 is 18.3 Å². The Hall–Kier alpha value is -3.43. The Morgan fingerprint density at radius 2 is 2.00 bits per heavy atom. The van der Waals surface area contributed by atoms with Crippen LogP contribution in [0.2, 0.25) is 0 Å². The first-order valence-corrected chi connectivity index (χ1v) is 12.6. The van der Waals surface area contributed by atoms with E-state index in [2.05, 4.69) is 14.9 Å². The molecule has 1 aliphatic heterocycles. The van der Waals surface area contributed by atoms with Crippen LogP contribution >= 0.6 is 0 Å². The van der Waals surface area contributed by atoms with E-state index in [1.165, 1.54) is 18.4 Å². The fourth-order valence-electron chi connectivity index (χ4n) is 4.18. The van der Waals surface area contributed by atoms with E-state index in [1.807, 2.05) is 30.3 Å². The average Bonchev–Trinajstić information content (AvgIpc) is 3.45. The lowest BCUT2D eigenvalue weighted by molar-refractivity contribution is 0.266. The van der Waals surface area contributed by atoms with Gasteiger partial charge in [-0.1, -0.05) is 6.07 Å². The number of aliphatic hydroxyl groups excluding tert-OH is 1. The summed E-state index contributed by atoms with van der Waals surface area (Å²) in [4.78, 5) is 14.8. The molecule has 1 atom stereocenters. The maximum atomic E-state index is 11.8. The summed E-state index contributed by atoms with van der Waals surface area (Å²) in [6, 6.07) is 15.9. The number of nitrogens with zero attached hydrogens (tertiary/aromatic N) is 3. The zero-order valence-electron chi connectivity index (χ0n) is 18.1. The molecular formula is C24H24N4O4S. The lowest BCUT2D eigenvalue weighted by atomic mass is 10.2. The number of benzene rings is 2. The van der Waals surface area contributed by atoms with Crippen molar-refractivity contribution in [1.82, 2.24) is 15.0 Å². The number of aromatic amines is 1. The van der Waals surface area contributed by atoms with Crippen LogP contribution in [0.1, 0.15) is 12.8 Å². The van der Waals surface area contributed by atoms with E-state index >= 15 is 0 Å². The minimum atomic E-state index is -3.29.